The molecule has 1 N–H and O–H groups in total. The number of aromatic nitrogens is 2. The molecule has 0 amide bonds. The largest absolute Gasteiger partial charge is 0.318 e. The summed E-state index contributed by atoms with van der Waals surface area (Å²) in [6.07, 6.45) is 1.57. The standard InChI is InChI=1S/C12H11FN2OS/c1-8(9-4-2-3-5-10(9)13)15-7-6-11(16)14-12(15)17/h2-8H,1H3,(H,14,16,17). The lowest BCUT2D eigenvalue weighted by Crippen LogP contribution is -2.15. The van der Waals surface area contributed by atoms with Crippen molar-refractivity contribution in [1.82, 2.24) is 9.55 Å². The second kappa shape index (κ2) is 4.63. The van der Waals surface area contributed by atoms with Gasteiger partial charge in [0.05, 0.1) is 6.04 Å². The van der Waals surface area contributed by atoms with Crippen molar-refractivity contribution in [3.05, 3.63) is 63.0 Å². The molecule has 0 saturated heterocycles. The van der Waals surface area contributed by atoms with Crippen LogP contribution in [-0.4, -0.2) is 9.55 Å². The fraction of sp³-hybridized carbons (Fsp3) is 0.167. The summed E-state index contributed by atoms with van der Waals surface area (Å²) in [6.45, 7) is 1.83. The van der Waals surface area contributed by atoms with Crippen molar-refractivity contribution in [2.75, 3.05) is 0 Å². The SMILES string of the molecule is CC(c1ccccc1F)n1ccc(=O)[nH]c1=S. The van der Waals surface area contributed by atoms with E-state index in [0.29, 0.717) is 5.56 Å². The fourth-order valence-electron chi connectivity index (χ4n) is 1.70. The van der Waals surface area contributed by atoms with Crippen LogP contribution >= 0.6 is 12.2 Å². The third kappa shape index (κ3) is 2.34. The Bertz CT molecular complexity index is 647. The molecule has 2 rings (SSSR count). The molecule has 0 aliphatic rings. The second-order valence-electron chi connectivity index (χ2n) is 3.71. The van der Waals surface area contributed by atoms with Crippen molar-refractivity contribution in [3.8, 4) is 0 Å². The summed E-state index contributed by atoms with van der Waals surface area (Å²) in [4.78, 5) is 13.6. The molecule has 3 nitrogen and oxygen atoms in total. The molecular formula is C12H11FN2OS. The predicted molar refractivity (Wildman–Crippen MR) is 66.1 cm³/mol. The van der Waals surface area contributed by atoms with Gasteiger partial charge in [-0.3, -0.25) is 9.78 Å². The zero-order valence-electron chi connectivity index (χ0n) is 9.18. The Kier molecular flexibility index (Phi) is 3.19. The van der Waals surface area contributed by atoms with Crippen LogP contribution in [0, 0.1) is 10.6 Å². The summed E-state index contributed by atoms with van der Waals surface area (Å²) in [7, 11) is 0. The number of halogens is 1. The van der Waals surface area contributed by atoms with Gasteiger partial charge in [-0.2, -0.15) is 0 Å². The summed E-state index contributed by atoms with van der Waals surface area (Å²) in [5, 5.41) is 0. The molecule has 0 aliphatic heterocycles. The van der Waals surface area contributed by atoms with Gasteiger partial charge in [-0.25, -0.2) is 4.39 Å². The Hall–Kier alpha value is -1.75. The molecule has 1 heterocycles. The van der Waals surface area contributed by atoms with Crippen molar-refractivity contribution < 1.29 is 4.39 Å². The van der Waals surface area contributed by atoms with Crippen LogP contribution in [0.2, 0.25) is 0 Å². The van der Waals surface area contributed by atoms with E-state index in [4.69, 9.17) is 12.2 Å². The first-order valence-corrected chi connectivity index (χ1v) is 5.56. The molecule has 0 aliphatic carbocycles. The third-order valence-corrected chi connectivity index (χ3v) is 2.94. The molecule has 1 unspecified atom stereocenters. The maximum atomic E-state index is 13.6. The van der Waals surface area contributed by atoms with E-state index in [-0.39, 0.29) is 22.2 Å². The molecule has 2 aromatic rings. The minimum absolute atomic E-state index is 0.257. The summed E-state index contributed by atoms with van der Waals surface area (Å²) >= 11 is 5.04. The van der Waals surface area contributed by atoms with Crippen molar-refractivity contribution >= 4 is 12.2 Å². The molecule has 0 spiro atoms. The summed E-state index contributed by atoms with van der Waals surface area (Å²) in [5.41, 5.74) is 0.280. The lowest BCUT2D eigenvalue weighted by molar-refractivity contribution is 0.546. The van der Waals surface area contributed by atoms with Crippen molar-refractivity contribution in [3.63, 3.8) is 0 Å². The highest BCUT2D eigenvalue weighted by molar-refractivity contribution is 7.71. The van der Waals surface area contributed by atoms with Gasteiger partial charge in [-0.05, 0) is 25.2 Å². The molecule has 1 aromatic heterocycles. The van der Waals surface area contributed by atoms with Crippen LogP contribution in [-0.2, 0) is 0 Å². The smallest absolute Gasteiger partial charge is 0.251 e. The van der Waals surface area contributed by atoms with E-state index >= 15 is 0 Å². The number of hydrogen-bond acceptors (Lipinski definition) is 2. The van der Waals surface area contributed by atoms with Gasteiger partial charge in [-0.1, -0.05) is 18.2 Å². The number of H-pyrrole nitrogens is 1. The lowest BCUT2D eigenvalue weighted by Gasteiger charge is -2.16. The van der Waals surface area contributed by atoms with Crippen molar-refractivity contribution in [1.29, 1.82) is 0 Å². The fourth-order valence-corrected chi connectivity index (χ4v) is 2.02. The molecule has 17 heavy (non-hydrogen) atoms. The lowest BCUT2D eigenvalue weighted by atomic mass is 10.1. The molecule has 0 saturated carbocycles. The van der Waals surface area contributed by atoms with Gasteiger partial charge in [0.2, 0.25) is 0 Å². The van der Waals surface area contributed by atoms with Crippen LogP contribution in [0.25, 0.3) is 0 Å². The monoisotopic (exact) mass is 250 g/mol. The van der Waals surface area contributed by atoms with Crippen molar-refractivity contribution in [2.24, 2.45) is 0 Å². The number of aromatic amines is 1. The molecule has 0 fully saturated rings. The molecule has 0 radical (unpaired) electrons. The zero-order chi connectivity index (χ0) is 12.4. The van der Waals surface area contributed by atoms with E-state index in [0.717, 1.165) is 0 Å². The molecule has 1 aromatic carbocycles. The van der Waals surface area contributed by atoms with Crippen LogP contribution in [0.15, 0.2) is 41.3 Å². The first-order chi connectivity index (χ1) is 8.09. The molecule has 88 valence electrons. The molecule has 0 bridgehead atoms. The molecule has 1 atom stereocenters. The summed E-state index contributed by atoms with van der Waals surface area (Å²) in [6, 6.07) is 7.61. The van der Waals surface area contributed by atoms with Crippen LogP contribution in [0.5, 0.6) is 0 Å². The highest BCUT2D eigenvalue weighted by Crippen LogP contribution is 2.20. The summed E-state index contributed by atoms with van der Waals surface area (Å²) in [5.74, 6) is -0.284. The number of benzene rings is 1. The number of nitrogens with one attached hydrogen (secondary N) is 1. The highest BCUT2D eigenvalue weighted by Gasteiger charge is 2.11. The molecular weight excluding hydrogens is 239 g/mol. The number of hydrogen-bond donors (Lipinski definition) is 1. The zero-order valence-corrected chi connectivity index (χ0v) is 10.00. The van der Waals surface area contributed by atoms with Gasteiger partial charge in [-0.15, -0.1) is 0 Å². The van der Waals surface area contributed by atoms with Gasteiger partial charge in [0.1, 0.15) is 5.82 Å². The van der Waals surface area contributed by atoms with E-state index in [1.54, 1.807) is 29.0 Å². The second-order valence-corrected chi connectivity index (χ2v) is 4.10. The van der Waals surface area contributed by atoms with E-state index in [1.807, 2.05) is 6.92 Å². The molecule has 5 heteroatoms. The van der Waals surface area contributed by atoms with Gasteiger partial charge in [0.15, 0.2) is 4.77 Å². The van der Waals surface area contributed by atoms with Gasteiger partial charge in [0.25, 0.3) is 5.56 Å². The van der Waals surface area contributed by atoms with Gasteiger partial charge >= 0.3 is 0 Å². The Balaban J connectivity index is 2.51. The Labute approximate surface area is 103 Å². The van der Waals surface area contributed by atoms with E-state index in [2.05, 4.69) is 4.98 Å². The van der Waals surface area contributed by atoms with Crippen LogP contribution in [0.3, 0.4) is 0 Å². The van der Waals surface area contributed by atoms with Crippen LogP contribution < -0.4 is 5.56 Å². The number of nitrogens with zero attached hydrogens (tertiary/aromatic N) is 1. The van der Waals surface area contributed by atoms with Crippen LogP contribution in [0.4, 0.5) is 4.39 Å². The van der Waals surface area contributed by atoms with E-state index in [9.17, 15) is 9.18 Å². The maximum absolute atomic E-state index is 13.6. The van der Waals surface area contributed by atoms with Crippen molar-refractivity contribution in [2.45, 2.75) is 13.0 Å². The first-order valence-electron chi connectivity index (χ1n) is 5.15. The van der Waals surface area contributed by atoms with Gasteiger partial charge < -0.3 is 4.57 Å². The first kappa shape index (κ1) is 11.7. The Morgan fingerprint density at radius 1 is 1.35 bits per heavy atom. The minimum Gasteiger partial charge on any atom is -0.318 e. The average molecular weight is 250 g/mol. The Morgan fingerprint density at radius 2 is 2.06 bits per heavy atom. The highest BCUT2D eigenvalue weighted by atomic mass is 32.1. The summed E-state index contributed by atoms with van der Waals surface area (Å²) < 4.78 is 15.6. The van der Waals surface area contributed by atoms with E-state index < -0.39 is 0 Å². The predicted octanol–water partition coefficient (Wildman–Crippen LogP) is 2.65. The topological polar surface area (TPSA) is 37.8 Å². The normalized spacial score (nSPS) is 12.4. The Morgan fingerprint density at radius 3 is 2.71 bits per heavy atom. The quantitative estimate of drug-likeness (QED) is 0.832. The minimum atomic E-state index is -0.284. The van der Waals surface area contributed by atoms with E-state index in [1.165, 1.54) is 12.1 Å². The average Bonchev–Trinajstić information content (AvgIpc) is 2.29. The van der Waals surface area contributed by atoms with Crippen LogP contribution in [0.1, 0.15) is 18.5 Å². The third-order valence-electron chi connectivity index (χ3n) is 2.62. The maximum Gasteiger partial charge on any atom is 0.251 e. The number of rotatable bonds is 2. The van der Waals surface area contributed by atoms with Gasteiger partial charge in [0, 0.05) is 17.8 Å².